The molecule has 2 rings (SSSR count). The number of nitrogen functional groups attached to an aromatic ring is 1. The molecule has 1 saturated heterocycles. The van der Waals surface area contributed by atoms with Crippen LogP contribution in [0.3, 0.4) is 0 Å². The zero-order chi connectivity index (χ0) is 15.4. The summed E-state index contributed by atoms with van der Waals surface area (Å²) in [5.41, 5.74) is 6.78. The van der Waals surface area contributed by atoms with Crippen LogP contribution in [0.4, 0.5) is 11.4 Å². The number of ether oxygens (including phenoxy) is 1. The monoisotopic (exact) mass is 291 g/mol. The third-order valence-corrected chi connectivity index (χ3v) is 3.63. The molecule has 2 amide bonds. The summed E-state index contributed by atoms with van der Waals surface area (Å²) in [4.78, 5) is 25.7. The van der Waals surface area contributed by atoms with Crippen LogP contribution in [-0.4, -0.2) is 36.9 Å². The van der Waals surface area contributed by atoms with Gasteiger partial charge in [0.25, 0.3) is 0 Å². The Morgan fingerprint density at radius 3 is 3.00 bits per heavy atom. The molecule has 1 aliphatic rings. The van der Waals surface area contributed by atoms with Gasteiger partial charge in [-0.3, -0.25) is 9.59 Å². The molecule has 1 unspecified atom stereocenters. The van der Waals surface area contributed by atoms with Crippen LogP contribution in [0, 0.1) is 5.92 Å². The van der Waals surface area contributed by atoms with Gasteiger partial charge in [-0.15, -0.1) is 0 Å². The molecule has 0 aromatic heterocycles. The third kappa shape index (κ3) is 3.65. The van der Waals surface area contributed by atoms with Crippen molar-refractivity contribution in [3.8, 4) is 5.75 Å². The molecule has 1 fully saturated rings. The number of hydrogen-bond acceptors (Lipinski definition) is 4. The summed E-state index contributed by atoms with van der Waals surface area (Å²) in [6, 6.07) is 5.02. The van der Waals surface area contributed by atoms with Gasteiger partial charge in [-0.05, 0) is 25.0 Å². The number of hydrogen-bond donors (Lipinski definition) is 2. The van der Waals surface area contributed by atoms with Crippen molar-refractivity contribution in [3.63, 3.8) is 0 Å². The van der Waals surface area contributed by atoms with Crippen LogP contribution < -0.4 is 15.8 Å². The Kier molecular flexibility index (Phi) is 4.67. The maximum absolute atomic E-state index is 12.1. The number of carbonyl (C=O) groups is 2. The van der Waals surface area contributed by atoms with Gasteiger partial charge in [0.05, 0.1) is 19.3 Å². The Bertz CT molecular complexity index is 545. The van der Waals surface area contributed by atoms with Gasteiger partial charge in [0, 0.05) is 24.2 Å². The van der Waals surface area contributed by atoms with Crippen LogP contribution in [0.5, 0.6) is 5.75 Å². The van der Waals surface area contributed by atoms with E-state index in [1.165, 1.54) is 7.11 Å². The smallest absolute Gasteiger partial charge is 0.244 e. The van der Waals surface area contributed by atoms with Crippen LogP contribution in [0.25, 0.3) is 0 Å². The number of likely N-dealkylation sites (tertiary alicyclic amines) is 1. The molecular weight excluding hydrogens is 270 g/mol. The van der Waals surface area contributed by atoms with Gasteiger partial charge in [0.1, 0.15) is 5.75 Å². The maximum atomic E-state index is 12.1. The average molecular weight is 291 g/mol. The first-order chi connectivity index (χ1) is 10.0. The number of nitrogens with zero attached hydrogens (tertiary/aromatic N) is 1. The summed E-state index contributed by atoms with van der Waals surface area (Å²) >= 11 is 0. The molecular formula is C15H21N3O3. The van der Waals surface area contributed by atoms with E-state index in [1.807, 2.05) is 6.92 Å². The summed E-state index contributed by atoms with van der Waals surface area (Å²) in [7, 11) is 1.51. The number of amides is 2. The molecule has 0 aliphatic carbocycles. The molecule has 3 N–H and O–H groups in total. The van der Waals surface area contributed by atoms with Gasteiger partial charge in [-0.1, -0.05) is 6.92 Å². The fourth-order valence-corrected chi connectivity index (χ4v) is 2.46. The highest BCUT2D eigenvalue weighted by molar-refractivity contribution is 5.96. The minimum Gasteiger partial charge on any atom is -0.494 e. The van der Waals surface area contributed by atoms with Crippen molar-refractivity contribution in [1.29, 1.82) is 0 Å². The largest absolute Gasteiger partial charge is 0.494 e. The first kappa shape index (κ1) is 15.2. The summed E-state index contributed by atoms with van der Waals surface area (Å²) in [6.07, 6.45) is 1.83. The Balaban J connectivity index is 2.00. The van der Waals surface area contributed by atoms with E-state index in [1.54, 1.807) is 23.1 Å². The lowest BCUT2D eigenvalue weighted by Crippen LogP contribution is -2.44. The van der Waals surface area contributed by atoms with Gasteiger partial charge < -0.3 is 20.7 Å². The SMILES string of the molecule is COc1cc(N)ccc1NC(=O)CN1CCCC(C)C1=O. The molecule has 1 aromatic carbocycles. The molecule has 0 bridgehead atoms. The number of methoxy groups -OCH3 is 1. The van der Waals surface area contributed by atoms with E-state index >= 15 is 0 Å². The van der Waals surface area contributed by atoms with E-state index in [0.29, 0.717) is 23.7 Å². The lowest BCUT2D eigenvalue weighted by atomic mass is 9.99. The highest BCUT2D eigenvalue weighted by Crippen LogP contribution is 2.26. The molecule has 1 aliphatic heterocycles. The Labute approximate surface area is 124 Å². The van der Waals surface area contributed by atoms with E-state index in [-0.39, 0.29) is 24.3 Å². The lowest BCUT2D eigenvalue weighted by Gasteiger charge is -2.30. The van der Waals surface area contributed by atoms with Crippen LogP contribution in [0.2, 0.25) is 0 Å². The minimum atomic E-state index is -0.236. The van der Waals surface area contributed by atoms with Crippen molar-refractivity contribution in [2.45, 2.75) is 19.8 Å². The van der Waals surface area contributed by atoms with Crippen molar-refractivity contribution >= 4 is 23.2 Å². The second kappa shape index (κ2) is 6.47. The molecule has 0 radical (unpaired) electrons. The molecule has 114 valence electrons. The van der Waals surface area contributed by atoms with Crippen molar-refractivity contribution in [3.05, 3.63) is 18.2 Å². The van der Waals surface area contributed by atoms with Crippen molar-refractivity contribution in [1.82, 2.24) is 4.90 Å². The molecule has 1 atom stereocenters. The molecule has 0 spiro atoms. The van der Waals surface area contributed by atoms with E-state index < -0.39 is 0 Å². The highest BCUT2D eigenvalue weighted by atomic mass is 16.5. The molecule has 6 nitrogen and oxygen atoms in total. The van der Waals surface area contributed by atoms with E-state index in [0.717, 1.165) is 12.8 Å². The molecule has 21 heavy (non-hydrogen) atoms. The van der Waals surface area contributed by atoms with E-state index in [2.05, 4.69) is 5.32 Å². The second-order valence-corrected chi connectivity index (χ2v) is 5.31. The number of nitrogens with one attached hydrogen (secondary N) is 1. The van der Waals surface area contributed by atoms with Gasteiger partial charge in [0.2, 0.25) is 11.8 Å². The van der Waals surface area contributed by atoms with Gasteiger partial charge >= 0.3 is 0 Å². The normalized spacial score (nSPS) is 18.5. The average Bonchev–Trinajstić information content (AvgIpc) is 2.45. The van der Waals surface area contributed by atoms with Gasteiger partial charge in [-0.2, -0.15) is 0 Å². The number of piperidine rings is 1. The summed E-state index contributed by atoms with van der Waals surface area (Å²) < 4.78 is 5.18. The first-order valence-electron chi connectivity index (χ1n) is 7.03. The van der Waals surface area contributed by atoms with Crippen LogP contribution in [0.1, 0.15) is 19.8 Å². The fraction of sp³-hybridized carbons (Fsp3) is 0.467. The summed E-state index contributed by atoms with van der Waals surface area (Å²) in [6.45, 7) is 2.60. The predicted molar refractivity (Wildman–Crippen MR) is 81.0 cm³/mol. The summed E-state index contributed by atoms with van der Waals surface area (Å²) in [5.74, 6) is 0.306. The van der Waals surface area contributed by atoms with Gasteiger partial charge in [0.15, 0.2) is 0 Å². The maximum Gasteiger partial charge on any atom is 0.244 e. The van der Waals surface area contributed by atoms with Crippen molar-refractivity contribution < 1.29 is 14.3 Å². The molecule has 6 heteroatoms. The first-order valence-corrected chi connectivity index (χ1v) is 7.03. The minimum absolute atomic E-state index is 0.00221. The third-order valence-electron chi connectivity index (χ3n) is 3.63. The van der Waals surface area contributed by atoms with Crippen LogP contribution in [-0.2, 0) is 9.59 Å². The summed E-state index contributed by atoms with van der Waals surface area (Å²) in [5, 5.41) is 2.76. The number of nitrogens with two attached hydrogens (primary N) is 1. The van der Waals surface area contributed by atoms with Crippen molar-refractivity contribution in [2.75, 3.05) is 31.2 Å². The zero-order valence-electron chi connectivity index (χ0n) is 12.4. The molecule has 0 saturated carbocycles. The number of rotatable bonds is 4. The number of benzene rings is 1. The Morgan fingerprint density at radius 1 is 1.52 bits per heavy atom. The highest BCUT2D eigenvalue weighted by Gasteiger charge is 2.26. The van der Waals surface area contributed by atoms with Crippen LogP contribution in [0.15, 0.2) is 18.2 Å². The Morgan fingerprint density at radius 2 is 2.29 bits per heavy atom. The lowest BCUT2D eigenvalue weighted by molar-refractivity contribution is -0.140. The standard InChI is InChI=1S/C15H21N3O3/c1-10-4-3-7-18(15(10)20)9-14(19)17-12-6-5-11(16)8-13(12)21-2/h5-6,8,10H,3-4,7,9,16H2,1-2H3,(H,17,19). The number of anilines is 2. The Hall–Kier alpha value is -2.24. The van der Waals surface area contributed by atoms with E-state index in [4.69, 9.17) is 10.5 Å². The van der Waals surface area contributed by atoms with Gasteiger partial charge in [-0.25, -0.2) is 0 Å². The predicted octanol–water partition coefficient (Wildman–Crippen LogP) is 1.47. The second-order valence-electron chi connectivity index (χ2n) is 5.31. The fourth-order valence-electron chi connectivity index (χ4n) is 2.46. The quantitative estimate of drug-likeness (QED) is 0.823. The van der Waals surface area contributed by atoms with E-state index in [9.17, 15) is 9.59 Å². The molecule has 1 aromatic rings. The van der Waals surface area contributed by atoms with Crippen LogP contribution >= 0.6 is 0 Å². The topological polar surface area (TPSA) is 84.7 Å². The van der Waals surface area contributed by atoms with Crippen molar-refractivity contribution in [2.24, 2.45) is 5.92 Å². The zero-order valence-corrected chi connectivity index (χ0v) is 12.4. The number of carbonyl (C=O) groups excluding carboxylic acids is 2. The molecule has 1 heterocycles.